The molecular weight excluding hydrogens is 276 g/mol. The molecule has 0 spiro atoms. The van der Waals surface area contributed by atoms with E-state index < -0.39 is 0 Å². The van der Waals surface area contributed by atoms with Crippen LogP contribution in [0.5, 0.6) is 5.88 Å². The van der Waals surface area contributed by atoms with E-state index in [1.165, 1.54) is 6.92 Å². The molecule has 1 aromatic carbocycles. The summed E-state index contributed by atoms with van der Waals surface area (Å²) < 4.78 is 6.88. The lowest BCUT2D eigenvalue weighted by Crippen LogP contribution is -2.13. The van der Waals surface area contributed by atoms with Gasteiger partial charge in [-0.25, -0.2) is 4.68 Å². The Labute approximate surface area is 123 Å². The van der Waals surface area contributed by atoms with Crippen molar-refractivity contribution in [2.75, 3.05) is 0 Å². The number of aryl methyl sites for hydroxylation is 2. The number of ether oxygens (including phenoxy) is 1. The highest BCUT2D eigenvalue weighted by molar-refractivity contribution is 6.31. The summed E-state index contributed by atoms with van der Waals surface area (Å²) in [5.41, 5.74) is 2.84. The fourth-order valence-electron chi connectivity index (χ4n) is 2.00. The van der Waals surface area contributed by atoms with Crippen LogP contribution >= 0.6 is 11.6 Å². The maximum atomic E-state index is 11.1. The summed E-state index contributed by atoms with van der Waals surface area (Å²) >= 11 is 6.16. The predicted octanol–water partition coefficient (Wildman–Crippen LogP) is 3.69. The molecule has 0 bridgehead atoms. The standard InChI is InChI=1S/C15H17ClN2O2/c1-9-5-6-13(8-14(9)16)11(3)18-15(20-12(4)19)7-10(2)17-18/h5-8,11H,1-4H3. The Hall–Kier alpha value is -1.81. The molecule has 4 nitrogen and oxygen atoms in total. The first kappa shape index (κ1) is 14.6. The number of hydrogen-bond acceptors (Lipinski definition) is 3. The van der Waals surface area contributed by atoms with Gasteiger partial charge >= 0.3 is 5.97 Å². The number of rotatable bonds is 3. The summed E-state index contributed by atoms with van der Waals surface area (Å²) in [6, 6.07) is 7.55. The van der Waals surface area contributed by atoms with Gasteiger partial charge in [-0.1, -0.05) is 23.7 Å². The minimum absolute atomic E-state index is 0.0730. The van der Waals surface area contributed by atoms with Gasteiger partial charge in [0.05, 0.1) is 11.7 Å². The molecule has 0 aliphatic heterocycles. The Bertz CT molecular complexity index is 649. The average molecular weight is 293 g/mol. The van der Waals surface area contributed by atoms with Crippen molar-refractivity contribution < 1.29 is 9.53 Å². The third-order valence-electron chi connectivity index (χ3n) is 3.12. The Kier molecular flexibility index (Phi) is 4.14. The highest BCUT2D eigenvalue weighted by Crippen LogP contribution is 2.27. The van der Waals surface area contributed by atoms with E-state index in [0.29, 0.717) is 10.9 Å². The van der Waals surface area contributed by atoms with Crippen LogP contribution < -0.4 is 4.74 Å². The van der Waals surface area contributed by atoms with Gasteiger partial charge in [0, 0.05) is 18.0 Å². The third-order valence-corrected chi connectivity index (χ3v) is 3.52. The molecule has 106 valence electrons. The van der Waals surface area contributed by atoms with E-state index in [1.807, 2.05) is 39.0 Å². The summed E-state index contributed by atoms with van der Waals surface area (Å²) in [5.74, 6) is 0.0829. The lowest BCUT2D eigenvalue weighted by Gasteiger charge is -2.16. The highest BCUT2D eigenvalue weighted by atomic mass is 35.5. The molecule has 1 heterocycles. The van der Waals surface area contributed by atoms with Crippen molar-refractivity contribution in [2.24, 2.45) is 0 Å². The van der Waals surface area contributed by atoms with Crippen molar-refractivity contribution in [1.29, 1.82) is 0 Å². The fraction of sp³-hybridized carbons (Fsp3) is 0.333. The van der Waals surface area contributed by atoms with Gasteiger partial charge in [0.1, 0.15) is 0 Å². The van der Waals surface area contributed by atoms with Crippen LogP contribution in [-0.2, 0) is 4.79 Å². The molecule has 0 aliphatic carbocycles. The monoisotopic (exact) mass is 292 g/mol. The molecule has 0 saturated heterocycles. The van der Waals surface area contributed by atoms with Crippen LogP contribution in [0.15, 0.2) is 24.3 Å². The molecule has 20 heavy (non-hydrogen) atoms. The number of carbonyl (C=O) groups is 1. The maximum Gasteiger partial charge on any atom is 0.309 e. The molecule has 5 heteroatoms. The molecule has 0 aliphatic rings. The number of benzene rings is 1. The number of aromatic nitrogens is 2. The molecule has 1 unspecified atom stereocenters. The predicted molar refractivity (Wildman–Crippen MR) is 78.3 cm³/mol. The highest BCUT2D eigenvalue weighted by Gasteiger charge is 2.17. The van der Waals surface area contributed by atoms with Crippen molar-refractivity contribution in [3.05, 3.63) is 46.1 Å². The average Bonchev–Trinajstić information content (AvgIpc) is 2.72. The molecule has 2 rings (SSSR count). The van der Waals surface area contributed by atoms with E-state index in [0.717, 1.165) is 16.8 Å². The van der Waals surface area contributed by atoms with Crippen molar-refractivity contribution in [1.82, 2.24) is 9.78 Å². The Morgan fingerprint density at radius 3 is 2.65 bits per heavy atom. The number of hydrogen-bond donors (Lipinski definition) is 0. The minimum Gasteiger partial charge on any atom is -0.408 e. The first-order valence-corrected chi connectivity index (χ1v) is 6.77. The number of esters is 1. The Balaban J connectivity index is 2.39. The van der Waals surface area contributed by atoms with Crippen LogP contribution in [0.4, 0.5) is 0 Å². The van der Waals surface area contributed by atoms with Gasteiger partial charge < -0.3 is 4.74 Å². The third kappa shape index (κ3) is 3.02. The molecule has 0 saturated carbocycles. The topological polar surface area (TPSA) is 44.1 Å². The second-order valence-electron chi connectivity index (χ2n) is 4.85. The van der Waals surface area contributed by atoms with E-state index in [1.54, 1.807) is 10.7 Å². The zero-order valence-corrected chi connectivity index (χ0v) is 12.7. The molecule has 1 aromatic heterocycles. The van der Waals surface area contributed by atoms with Gasteiger partial charge in [-0.2, -0.15) is 5.10 Å². The number of carbonyl (C=O) groups excluding carboxylic acids is 1. The Morgan fingerprint density at radius 1 is 1.35 bits per heavy atom. The Morgan fingerprint density at radius 2 is 2.05 bits per heavy atom. The second-order valence-corrected chi connectivity index (χ2v) is 5.25. The largest absolute Gasteiger partial charge is 0.408 e. The number of halogens is 1. The molecule has 0 fully saturated rings. The molecule has 1 atom stereocenters. The summed E-state index contributed by atoms with van der Waals surface area (Å²) in [7, 11) is 0. The molecule has 0 amide bonds. The smallest absolute Gasteiger partial charge is 0.309 e. The summed E-state index contributed by atoms with van der Waals surface area (Å²) in [6.07, 6.45) is 0. The lowest BCUT2D eigenvalue weighted by molar-refractivity contribution is -0.132. The number of nitrogens with zero attached hydrogens (tertiary/aromatic N) is 2. The van der Waals surface area contributed by atoms with Crippen molar-refractivity contribution >= 4 is 17.6 Å². The molecule has 0 N–H and O–H groups in total. The zero-order valence-electron chi connectivity index (χ0n) is 12.0. The van der Waals surface area contributed by atoms with Crippen LogP contribution in [0.2, 0.25) is 5.02 Å². The molecular formula is C15H17ClN2O2. The van der Waals surface area contributed by atoms with Crippen molar-refractivity contribution in [3.63, 3.8) is 0 Å². The van der Waals surface area contributed by atoms with E-state index >= 15 is 0 Å². The minimum atomic E-state index is -0.361. The van der Waals surface area contributed by atoms with Crippen LogP contribution in [-0.4, -0.2) is 15.7 Å². The van der Waals surface area contributed by atoms with Gasteiger partial charge in [-0.15, -0.1) is 0 Å². The van der Waals surface area contributed by atoms with Gasteiger partial charge in [0.15, 0.2) is 0 Å². The van der Waals surface area contributed by atoms with E-state index in [9.17, 15) is 4.79 Å². The van der Waals surface area contributed by atoms with Crippen LogP contribution in [0.25, 0.3) is 0 Å². The molecule has 2 aromatic rings. The van der Waals surface area contributed by atoms with Crippen molar-refractivity contribution in [2.45, 2.75) is 33.7 Å². The summed E-state index contributed by atoms with van der Waals surface area (Å²) in [4.78, 5) is 11.1. The summed E-state index contributed by atoms with van der Waals surface area (Å²) in [6.45, 7) is 7.18. The van der Waals surface area contributed by atoms with Crippen LogP contribution in [0.1, 0.15) is 36.7 Å². The van der Waals surface area contributed by atoms with Gasteiger partial charge in [0.2, 0.25) is 5.88 Å². The second kappa shape index (κ2) is 5.67. The molecule has 0 radical (unpaired) electrons. The summed E-state index contributed by atoms with van der Waals surface area (Å²) in [5, 5.41) is 5.10. The normalized spacial score (nSPS) is 12.2. The van der Waals surface area contributed by atoms with Gasteiger partial charge in [-0.3, -0.25) is 4.79 Å². The van der Waals surface area contributed by atoms with E-state index in [2.05, 4.69) is 5.10 Å². The van der Waals surface area contributed by atoms with E-state index in [4.69, 9.17) is 16.3 Å². The quantitative estimate of drug-likeness (QED) is 0.811. The van der Waals surface area contributed by atoms with Crippen molar-refractivity contribution in [3.8, 4) is 5.88 Å². The van der Waals surface area contributed by atoms with Crippen LogP contribution in [0.3, 0.4) is 0 Å². The fourth-order valence-corrected chi connectivity index (χ4v) is 2.19. The first-order valence-electron chi connectivity index (χ1n) is 6.39. The van der Waals surface area contributed by atoms with Gasteiger partial charge in [-0.05, 0) is 38.0 Å². The van der Waals surface area contributed by atoms with Gasteiger partial charge in [0.25, 0.3) is 0 Å². The zero-order chi connectivity index (χ0) is 14.9. The first-order chi connectivity index (χ1) is 9.38. The van der Waals surface area contributed by atoms with Crippen LogP contribution in [0, 0.1) is 13.8 Å². The SMILES string of the molecule is CC(=O)Oc1cc(C)nn1C(C)c1ccc(C)c(Cl)c1. The lowest BCUT2D eigenvalue weighted by atomic mass is 10.1. The van der Waals surface area contributed by atoms with E-state index in [-0.39, 0.29) is 12.0 Å². The maximum absolute atomic E-state index is 11.1.